The molecule has 0 aliphatic carbocycles. The molecule has 5 rings (SSSR count). The second-order valence-electron chi connectivity index (χ2n) is 7.70. The molecule has 2 aromatic carbocycles. The van der Waals surface area contributed by atoms with Gasteiger partial charge < -0.3 is 10.3 Å². The van der Waals surface area contributed by atoms with Crippen LogP contribution in [0.1, 0.15) is 24.2 Å². The first-order chi connectivity index (χ1) is 16.5. The van der Waals surface area contributed by atoms with Gasteiger partial charge in [-0.3, -0.25) is 14.2 Å². The zero-order chi connectivity index (χ0) is 23.8. The third kappa shape index (κ3) is 3.49. The number of halogens is 1. The van der Waals surface area contributed by atoms with Gasteiger partial charge in [0.25, 0.3) is 5.56 Å². The summed E-state index contributed by atoms with van der Waals surface area (Å²) in [6.07, 6.45) is 2.65. The Hall–Kier alpha value is -4.48. The first-order valence-electron chi connectivity index (χ1n) is 10.4. The third-order valence-electron chi connectivity index (χ3n) is 5.63. The zero-order valence-corrected chi connectivity index (χ0v) is 18.7. The van der Waals surface area contributed by atoms with Gasteiger partial charge in [-0.25, -0.2) is 9.97 Å². The number of hydrogen-bond donors (Lipinski definition) is 2. The number of anilines is 1. The van der Waals surface area contributed by atoms with Crippen molar-refractivity contribution in [2.24, 2.45) is 0 Å². The van der Waals surface area contributed by atoms with E-state index in [9.17, 15) is 14.9 Å². The number of aromatic nitrogens is 4. The summed E-state index contributed by atoms with van der Waals surface area (Å²) in [6, 6.07) is 17.9. The van der Waals surface area contributed by atoms with Crippen molar-refractivity contribution in [3.63, 3.8) is 0 Å². The van der Waals surface area contributed by atoms with E-state index in [0.717, 1.165) is 0 Å². The molecule has 3 heterocycles. The lowest BCUT2D eigenvalue weighted by Gasteiger charge is -2.22. The highest BCUT2D eigenvalue weighted by Gasteiger charge is 2.20. The Labute approximate surface area is 198 Å². The largest absolute Gasteiger partial charge is 0.361 e. The van der Waals surface area contributed by atoms with E-state index >= 15 is 0 Å². The van der Waals surface area contributed by atoms with Crippen LogP contribution in [0.4, 0.5) is 5.82 Å². The van der Waals surface area contributed by atoms with E-state index in [1.54, 1.807) is 16.7 Å². The first-order valence-corrected chi connectivity index (χ1v) is 10.8. The number of aromatic amines is 1. The standard InChI is InChI=1S/C25H17ClN6O2/c1-14(31-24-21-22(33)16(11-27)12-28-23(21)29-13-30-24)19-10-15-6-5-9-18(26)20(15)25(34)32(19)17-7-3-2-4-8-17/h2-10,12-14H,1H3,(H2,28,29,30,31,33). The van der Waals surface area contributed by atoms with Crippen LogP contribution in [-0.4, -0.2) is 19.5 Å². The van der Waals surface area contributed by atoms with E-state index in [0.29, 0.717) is 32.8 Å². The molecule has 1 unspecified atom stereocenters. The molecule has 2 N–H and O–H groups in total. The van der Waals surface area contributed by atoms with Gasteiger partial charge in [0.1, 0.15) is 34.8 Å². The molecule has 0 saturated carbocycles. The number of rotatable bonds is 4. The molecule has 8 nitrogen and oxygen atoms in total. The van der Waals surface area contributed by atoms with Gasteiger partial charge in [0.2, 0.25) is 5.43 Å². The zero-order valence-electron chi connectivity index (χ0n) is 17.9. The lowest BCUT2D eigenvalue weighted by Crippen LogP contribution is -2.26. The predicted molar refractivity (Wildman–Crippen MR) is 131 cm³/mol. The minimum Gasteiger partial charge on any atom is -0.361 e. The molecule has 0 aliphatic rings. The summed E-state index contributed by atoms with van der Waals surface area (Å²) in [5.74, 6) is 0.258. The van der Waals surface area contributed by atoms with Crippen molar-refractivity contribution in [3.05, 3.63) is 104 Å². The van der Waals surface area contributed by atoms with Crippen molar-refractivity contribution in [2.45, 2.75) is 13.0 Å². The average molecular weight is 469 g/mol. The van der Waals surface area contributed by atoms with Crippen LogP contribution in [-0.2, 0) is 0 Å². The van der Waals surface area contributed by atoms with Gasteiger partial charge in [-0.05, 0) is 36.6 Å². The molecule has 0 amide bonds. The lowest BCUT2D eigenvalue weighted by molar-refractivity contribution is 0.774. The molecule has 5 aromatic rings. The van der Waals surface area contributed by atoms with Crippen molar-refractivity contribution >= 4 is 39.2 Å². The fourth-order valence-corrected chi connectivity index (χ4v) is 4.29. The van der Waals surface area contributed by atoms with E-state index in [4.69, 9.17) is 11.6 Å². The first kappa shape index (κ1) is 21.4. The van der Waals surface area contributed by atoms with Crippen LogP contribution in [0.2, 0.25) is 5.02 Å². The molecule has 3 aromatic heterocycles. The number of pyridine rings is 2. The van der Waals surface area contributed by atoms with Crippen LogP contribution in [0.3, 0.4) is 0 Å². The van der Waals surface area contributed by atoms with E-state index in [1.165, 1.54) is 12.5 Å². The third-order valence-corrected chi connectivity index (χ3v) is 5.94. The summed E-state index contributed by atoms with van der Waals surface area (Å²) < 4.78 is 1.60. The number of nitrogens with one attached hydrogen (secondary N) is 2. The average Bonchev–Trinajstić information content (AvgIpc) is 2.84. The second kappa shape index (κ2) is 8.46. The fraction of sp³-hybridized carbons (Fsp3) is 0.0800. The van der Waals surface area contributed by atoms with Crippen LogP contribution >= 0.6 is 11.6 Å². The number of para-hydroxylation sites is 1. The fourth-order valence-electron chi connectivity index (χ4n) is 4.02. The minimum absolute atomic E-state index is 0.0421. The van der Waals surface area contributed by atoms with Gasteiger partial charge in [0.15, 0.2) is 0 Å². The molecule has 9 heteroatoms. The van der Waals surface area contributed by atoms with Crippen LogP contribution in [0.15, 0.2) is 76.7 Å². The highest BCUT2D eigenvalue weighted by atomic mass is 35.5. The van der Waals surface area contributed by atoms with Crippen molar-refractivity contribution in [1.29, 1.82) is 5.26 Å². The summed E-state index contributed by atoms with van der Waals surface area (Å²) in [7, 11) is 0. The Morgan fingerprint density at radius 2 is 1.88 bits per heavy atom. The second-order valence-corrected chi connectivity index (χ2v) is 8.11. The minimum atomic E-state index is -0.475. The van der Waals surface area contributed by atoms with Gasteiger partial charge in [-0.2, -0.15) is 5.26 Å². The van der Waals surface area contributed by atoms with Crippen LogP contribution in [0.25, 0.3) is 27.5 Å². The summed E-state index contributed by atoms with van der Waals surface area (Å²) in [4.78, 5) is 37.6. The molecule has 0 radical (unpaired) electrons. The molecule has 166 valence electrons. The van der Waals surface area contributed by atoms with Crippen molar-refractivity contribution in [2.75, 3.05) is 5.32 Å². The number of hydrogen-bond acceptors (Lipinski definition) is 6. The van der Waals surface area contributed by atoms with Crippen molar-refractivity contribution in [3.8, 4) is 11.8 Å². The summed E-state index contributed by atoms with van der Waals surface area (Å²) in [6.45, 7) is 1.86. The SMILES string of the molecule is CC(Nc1ncnc2[nH]cc(C#N)c(=O)c12)c1cc2cccc(Cl)c2c(=O)n1-c1ccccc1. The molecule has 0 fully saturated rings. The van der Waals surface area contributed by atoms with Crippen LogP contribution < -0.4 is 16.3 Å². The molecule has 0 aliphatic heterocycles. The maximum absolute atomic E-state index is 13.6. The number of fused-ring (bicyclic) bond motifs is 2. The quantitative estimate of drug-likeness (QED) is 0.405. The predicted octanol–water partition coefficient (Wildman–Crippen LogP) is 4.32. The molecule has 0 saturated heterocycles. The van der Waals surface area contributed by atoms with E-state index < -0.39 is 11.5 Å². The highest BCUT2D eigenvalue weighted by Crippen LogP contribution is 2.27. The Kier molecular flexibility index (Phi) is 5.32. The maximum Gasteiger partial charge on any atom is 0.264 e. The Morgan fingerprint density at radius 1 is 1.09 bits per heavy atom. The maximum atomic E-state index is 13.6. The van der Waals surface area contributed by atoms with Crippen molar-refractivity contribution < 1.29 is 0 Å². The van der Waals surface area contributed by atoms with Gasteiger partial charge in [0, 0.05) is 17.6 Å². The molecular formula is C25H17ClN6O2. The van der Waals surface area contributed by atoms with E-state index in [-0.39, 0.29) is 22.3 Å². The number of benzene rings is 2. The Morgan fingerprint density at radius 3 is 2.65 bits per heavy atom. The Bertz CT molecular complexity index is 1720. The molecule has 34 heavy (non-hydrogen) atoms. The molecule has 1 atom stereocenters. The van der Waals surface area contributed by atoms with Crippen LogP contribution in [0, 0.1) is 11.3 Å². The Balaban J connectivity index is 1.72. The molecule has 0 bridgehead atoms. The highest BCUT2D eigenvalue weighted by molar-refractivity contribution is 6.35. The van der Waals surface area contributed by atoms with Gasteiger partial charge in [-0.1, -0.05) is 41.9 Å². The number of nitrogens with zero attached hydrogens (tertiary/aromatic N) is 4. The summed E-state index contributed by atoms with van der Waals surface area (Å²) in [5.41, 5.74) is 0.854. The number of nitriles is 1. The van der Waals surface area contributed by atoms with Gasteiger partial charge in [-0.15, -0.1) is 0 Å². The van der Waals surface area contributed by atoms with Crippen molar-refractivity contribution in [1.82, 2.24) is 19.5 Å². The van der Waals surface area contributed by atoms with Gasteiger partial charge in [0.05, 0.1) is 16.5 Å². The molecular weight excluding hydrogens is 452 g/mol. The summed E-state index contributed by atoms with van der Waals surface area (Å²) >= 11 is 6.38. The normalized spacial score (nSPS) is 11.9. The van der Waals surface area contributed by atoms with E-state index in [1.807, 2.05) is 55.5 Å². The molecule has 0 spiro atoms. The monoisotopic (exact) mass is 468 g/mol. The number of H-pyrrole nitrogens is 1. The topological polar surface area (TPSA) is 116 Å². The summed E-state index contributed by atoms with van der Waals surface area (Å²) in [5, 5.41) is 14.2. The lowest BCUT2D eigenvalue weighted by atomic mass is 10.1. The van der Waals surface area contributed by atoms with Gasteiger partial charge >= 0.3 is 0 Å². The smallest absolute Gasteiger partial charge is 0.264 e. The van der Waals surface area contributed by atoms with E-state index in [2.05, 4.69) is 20.3 Å². The van der Waals surface area contributed by atoms with Crippen LogP contribution in [0.5, 0.6) is 0 Å².